The number of ether oxygens (including phenoxy) is 1. The molecule has 0 spiro atoms. The van der Waals surface area contributed by atoms with E-state index in [9.17, 15) is 9.59 Å². The Bertz CT molecular complexity index is 320. The van der Waals surface area contributed by atoms with Crippen LogP contribution in [0.4, 0.5) is 4.79 Å². The molecule has 5 heteroatoms. The van der Waals surface area contributed by atoms with Gasteiger partial charge in [-0.2, -0.15) is 0 Å². The van der Waals surface area contributed by atoms with E-state index in [1.165, 1.54) is 4.90 Å². The molecule has 0 aromatic carbocycles. The first-order valence-corrected chi connectivity index (χ1v) is 5.04. The SMILES string of the molecule is CC(C)(C)OC(=O)N1C[C@@H]2[C@@H](C(=O)O)[C@@H]21. The molecule has 2 fully saturated rings. The number of likely N-dealkylation sites (tertiary alicyclic amines) is 1. The van der Waals surface area contributed by atoms with E-state index in [0.29, 0.717) is 6.54 Å². The van der Waals surface area contributed by atoms with Crippen molar-refractivity contribution in [2.45, 2.75) is 32.4 Å². The molecule has 1 N–H and O–H groups in total. The van der Waals surface area contributed by atoms with E-state index in [1.54, 1.807) is 20.8 Å². The topological polar surface area (TPSA) is 66.8 Å². The minimum Gasteiger partial charge on any atom is -0.481 e. The van der Waals surface area contributed by atoms with Crippen LogP contribution in [-0.4, -0.2) is 40.3 Å². The third kappa shape index (κ3) is 1.66. The van der Waals surface area contributed by atoms with Crippen LogP contribution in [0, 0.1) is 11.8 Å². The van der Waals surface area contributed by atoms with Gasteiger partial charge < -0.3 is 14.7 Å². The lowest BCUT2D eigenvalue weighted by Gasteiger charge is -2.32. The fourth-order valence-corrected chi connectivity index (χ4v) is 2.06. The summed E-state index contributed by atoms with van der Waals surface area (Å²) >= 11 is 0. The van der Waals surface area contributed by atoms with Gasteiger partial charge in [0.1, 0.15) is 5.60 Å². The Hall–Kier alpha value is -1.26. The van der Waals surface area contributed by atoms with E-state index < -0.39 is 17.7 Å². The molecule has 1 aliphatic carbocycles. The quantitative estimate of drug-likeness (QED) is 0.703. The van der Waals surface area contributed by atoms with Crippen LogP contribution in [0.25, 0.3) is 0 Å². The standard InChI is InChI=1S/C10H15NO4/c1-10(2,3)15-9(14)11-4-5-6(7(5)11)8(12)13/h5-7H,4H2,1-3H3,(H,12,13)/t5-,6-,7-/m1/s1. The van der Waals surface area contributed by atoms with Crippen molar-refractivity contribution in [3.05, 3.63) is 0 Å². The maximum atomic E-state index is 11.6. The summed E-state index contributed by atoms with van der Waals surface area (Å²) in [6, 6.07) is -0.114. The first kappa shape index (κ1) is 10.3. The van der Waals surface area contributed by atoms with Crippen molar-refractivity contribution in [1.29, 1.82) is 0 Å². The second-order valence-corrected chi connectivity index (χ2v) is 5.15. The molecule has 5 nitrogen and oxygen atoms in total. The fourth-order valence-electron chi connectivity index (χ4n) is 2.06. The van der Waals surface area contributed by atoms with Crippen molar-refractivity contribution in [2.24, 2.45) is 11.8 Å². The van der Waals surface area contributed by atoms with Gasteiger partial charge in [0.2, 0.25) is 0 Å². The summed E-state index contributed by atoms with van der Waals surface area (Å²) in [6.45, 7) is 5.91. The number of hydrogen-bond donors (Lipinski definition) is 1. The zero-order valence-corrected chi connectivity index (χ0v) is 9.06. The molecule has 84 valence electrons. The number of fused-ring (bicyclic) bond motifs is 1. The van der Waals surface area contributed by atoms with Crippen LogP contribution in [0.15, 0.2) is 0 Å². The number of nitrogens with zero attached hydrogens (tertiary/aromatic N) is 1. The molecule has 0 radical (unpaired) electrons. The third-order valence-corrected chi connectivity index (χ3v) is 2.81. The highest BCUT2D eigenvalue weighted by atomic mass is 16.6. The van der Waals surface area contributed by atoms with Crippen LogP contribution in [0.2, 0.25) is 0 Å². The van der Waals surface area contributed by atoms with E-state index in [0.717, 1.165) is 0 Å². The second kappa shape index (κ2) is 2.87. The summed E-state index contributed by atoms with van der Waals surface area (Å²) in [7, 11) is 0. The molecule has 1 aliphatic heterocycles. The second-order valence-electron chi connectivity index (χ2n) is 5.15. The van der Waals surface area contributed by atoms with E-state index in [1.807, 2.05) is 0 Å². The number of carboxylic acids is 1. The Labute approximate surface area is 88.0 Å². The zero-order valence-electron chi connectivity index (χ0n) is 9.06. The van der Waals surface area contributed by atoms with Crippen molar-refractivity contribution in [3.8, 4) is 0 Å². The van der Waals surface area contributed by atoms with Crippen molar-refractivity contribution in [1.82, 2.24) is 4.90 Å². The molecule has 3 atom stereocenters. The maximum Gasteiger partial charge on any atom is 0.410 e. The van der Waals surface area contributed by atoms with Gasteiger partial charge in [0.15, 0.2) is 0 Å². The number of amides is 1. The molecule has 0 unspecified atom stereocenters. The lowest BCUT2D eigenvalue weighted by Crippen LogP contribution is -2.46. The average Bonchev–Trinajstić information content (AvgIpc) is 2.50. The molecule has 2 rings (SSSR count). The van der Waals surface area contributed by atoms with Gasteiger partial charge in [-0.15, -0.1) is 0 Å². The highest BCUT2D eigenvalue weighted by molar-refractivity contribution is 5.81. The van der Waals surface area contributed by atoms with Crippen LogP contribution in [0.3, 0.4) is 0 Å². The predicted octanol–water partition coefficient (Wildman–Crippen LogP) is 0.936. The highest BCUT2D eigenvalue weighted by Crippen LogP contribution is 2.52. The van der Waals surface area contributed by atoms with Gasteiger partial charge in [-0.3, -0.25) is 4.79 Å². The summed E-state index contributed by atoms with van der Waals surface area (Å²) in [5, 5.41) is 8.79. The third-order valence-electron chi connectivity index (χ3n) is 2.81. The van der Waals surface area contributed by atoms with Crippen molar-refractivity contribution < 1.29 is 19.4 Å². The fraction of sp³-hybridized carbons (Fsp3) is 0.800. The van der Waals surface area contributed by atoms with Crippen LogP contribution in [0.5, 0.6) is 0 Å². The minimum absolute atomic E-state index is 0.114. The van der Waals surface area contributed by atoms with Gasteiger partial charge in [-0.25, -0.2) is 4.79 Å². The van der Waals surface area contributed by atoms with Gasteiger partial charge in [-0.1, -0.05) is 0 Å². The molecule has 2 aliphatic rings. The van der Waals surface area contributed by atoms with E-state index in [2.05, 4.69) is 0 Å². The Morgan fingerprint density at radius 1 is 1.40 bits per heavy atom. The summed E-state index contributed by atoms with van der Waals surface area (Å²) in [5.41, 5.74) is -0.518. The first-order chi connectivity index (χ1) is 6.81. The zero-order chi connectivity index (χ0) is 11.4. The normalized spacial score (nSPS) is 32.7. The number of rotatable bonds is 1. The van der Waals surface area contributed by atoms with Gasteiger partial charge in [-0.05, 0) is 20.8 Å². The summed E-state index contributed by atoms with van der Waals surface area (Å²) < 4.78 is 5.16. The molecular weight excluding hydrogens is 198 g/mol. The summed E-state index contributed by atoms with van der Waals surface area (Å²) in [4.78, 5) is 23.8. The molecular formula is C10H15NO4. The Kier molecular flexibility index (Phi) is 1.96. The van der Waals surface area contributed by atoms with Crippen LogP contribution in [0.1, 0.15) is 20.8 Å². The molecule has 0 aromatic rings. The molecule has 1 saturated heterocycles. The van der Waals surface area contributed by atoms with Gasteiger partial charge >= 0.3 is 12.1 Å². The molecule has 1 saturated carbocycles. The molecule has 1 amide bonds. The lowest BCUT2D eigenvalue weighted by atomic mass is 10.2. The smallest absolute Gasteiger partial charge is 0.410 e. The lowest BCUT2D eigenvalue weighted by molar-refractivity contribution is -0.138. The van der Waals surface area contributed by atoms with Crippen LogP contribution >= 0.6 is 0 Å². The van der Waals surface area contributed by atoms with Gasteiger partial charge in [0.25, 0.3) is 0 Å². The van der Waals surface area contributed by atoms with Crippen molar-refractivity contribution in [2.75, 3.05) is 6.54 Å². The number of carbonyl (C=O) groups is 2. The first-order valence-electron chi connectivity index (χ1n) is 5.04. The number of hydrogen-bond acceptors (Lipinski definition) is 3. The van der Waals surface area contributed by atoms with Gasteiger partial charge in [0.05, 0.1) is 12.0 Å². The van der Waals surface area contributed by atoms with Crippen molar-refractivity contribution in [3.63, 3.8) is 0 Å². The predicted molar refractivity (Wildman–Crippen MR) is 51.3 cm³/mol. The van der Waals surface area contributed by atoms with E-state index >= 15 is 0 Å². The van der Waals surface area contributed by atoms with E-state index in [-0.39, 0.29) is 17.9 Å². The van der Waals surface area contributed by atoms with Crippen LogP contribution < -0.4 is 0 Å². The molecule has 15 heavy (non-hydrogen) atoms. The molecule has 0 bridgehead atoms. The average molecular weight is 213 g/mol. The van der Waals surface area contributed by atoms with E-state index in [4.69, 9.17) is 9.84 Å². The minimum atomic E-state index is -0.809. The monoisotopic (exact) mass is 213 g/mol. The largest absolute Gasteiger partial charge is 0.481 e. The maximum absolute atomic E-state index is 11.6. The molecule has 0 aromatic heterocycles. The molecule has 1 heterocycles. The van der Waals surface area contributed by atoms with Crippen molar-refractivity contribution >= 4 is 12.1 Å². The Balaban J connectivity index is 1.89. The van der Waals surface area contributed by atoms with Gasteiger partial charge in [0, 0.05) is 12.5 Å². The Morgan fingerprint density at radius 3 is 2.40 bits per heavy atom. The number of carboxylic acid groups (broad SMARTS) is 1. The number of carbonyl (C=O) groups excluding carboxylic acids is 1. The summed E-state index contributed by atoms with van der Waals surface area (Å²) in [6.07, 6.45) is -0.396. The summed E-state index contributed by atoms with van der Waals surface area (Å²) in [5.74, 6) is -1.01. The Morgan fingerprint density at radius 2 is 2.00 bits per heavy atom. The highest BCUT2D eigenvalue weighted by Gasteiger charge is 2.68. The van der Waals surface area contributed by atoms with Crippen LogP contribution in [-0.2, 0) is 9.53 Å². The number of aliphatic carboxylic acids is 1.